The number of hydrazine groups is 1. The molecule has 0 atom stereocenters. The maximum absolute atomic E-state index is 13.8. The van der Waals surface area contributed by atoms with E-state index in [2.05, 4.69) is 15.6 Å². The van der Waals surface area contributed by atoms with Crippen molar-refractivity contribution >= 4 is 39.3 Å². The zero-order valence-electron chi connectivity index (χ0n) is 17.9. The molecule has 0 aliphatic heterocycles. The molecule has 0 heterocycles. The molecule has 0 unspecified atom stereocenters. The first-order valence-corrected chi connectivity index (χ1v) is 12.3. The highest BCUT2D eigenvalue weighted by atomic mass is 32.2. The lowest BCUT2D eigenvalue weighted by molar-refractivity contribution is -0.119. The molecule has 0 radical (unpaired) electrons. The van der Waals surface area contributed by atoms with Crippen LogP contribution in [0.3, 0.4) is 0 Å². The van der Waals surface area contributed by atoms with Crippen molar-refractivity contribution in [3.8, 4) is 0 Å². The fourth-order valence-corrected chi connectivity index (χ4v) is 4.46. The number of amides is 2. The van der Waals surface area contributed by atoms with Gasteiger partial charge in [-0.1, -0.05) is 29.8 Å². The number of anilines is 1. The maximum Gasteiger partial charge on any atom is 0.269 e. The Morgan fingerprint density at radius 2 is 1.67 bits per heavy atom. The number of carbonyl (C=O) groups is 2. The molecular formula is C23H22FN3O4S2. The van der Waals surface area contributed by atoms with E-state index in [-0.39, 0.29) is 21.9 Å². The zero-order chi connectivity index (χ0) is 24.0. The Hall–Kier alpha value is -3.37. The van der Waals surface area contributed by atoms with E-state index in [0.29, 0.717) is 5.56 Å². The smallest absolute Gasteiger partial charge is 0.269 e. The average molecular weight is 488 g/mol. The van der Waals surface area contributed by atoms with Crippen LogP contribution in [0.5, 0.6) is 0 Å². The highest BCUT2D eigenvalue weighted by Crippen LogP contribution is 2.20. The molecule has 2 amide bonds. The summed E-state index contributed by atoms with van der Waals surface area (Å²) in [6, 6.07) is 17.0. The summed E-state index contributed by atoms with van der Waals surface area (Å²) in [7, 11) is -4.05. The third kappa shape index (κ3) is 6.80. The van der Waals surface area contributed by atoms with Gasteiger partial charge in [0.25, 0.3) is 15.9 Å². The second-order valence-corrected chi connectivity index (χ2v) is 9.93. The van der Waals surface area contributed by atoms with Gasteiger partial charge in [-0.05, 0) is 61.9 Å². The summed E-state index contributed by atoms with van der Waals surface area (Å²) in [5, 5.41) is 0. The second kappa shape index (κ2) is 10.5. The van der Waals surface area contributed by atoms with Crippen molar-refractivity contribution in [1.82, 2.24) is 10.9 Å². The van der Waals surface area contributed by atoms with Crippen LogP contribution < -0.4 is 15.6 Å². The normalized spacial score (nSPS) is 11.0. The number of hydrogen-bond acceptors (Lipinski definition) is 5. The number of hydrogen-bond donors (Lipinski definition) is 3. The molecule has 3 rings (SSSR count). The molecule has 3 N–H and O–H groups in total. The molecule has 33 heavy (non-hydrogen) atoms. The summed E-state index contributed by atoms with van der Waals surface area (Å²) >= 11 is 1.33. The minimum absolute atomic E-state index is 0.107. The Bertz CT molecular complexity index is 1280. The van der Waals surface area contributed by atoms with E-state index >= 15 is 0 Å². The van der Waals surface area contributed by atoms with E-state index in [9.17, 15) is 22.4 Å². The molecule has 7 nitrogen and oxygen atoms in total. The van der Waals surface area contributed by atoms with Crippen molar-refractivity contribution in [3.63, 3.8) is 0 Å². The van der Waals surface area contributed by atoms with Gasteiger partial charge in [-0.15, -0.1) is 11.8 Å². The molecular weight excluding hydrogens is 465 g/mol. The van der Waals surface area contributed by atoms with Gasteiger partial charge < -0.3 is 0 Å². The predicted molar refractivity (Wildman–Crippen MR) is 126 cm³/mol. The van der Waals surface area contributed by atoms with Crippen LogP contribution in [0.15, 0.2) is 76.5 Å². The Kier molecular flexibility index (Phi) is 7.72. The number of nitrogens with one attached hydrogen (secondary N) is 3. The SMILES string of the molecule is Cc1ccc(SCC(=O)NNC(=O)c2cccc(NS(=O)(=O)c3ccc(C)c(F)c3)c2)cc1. The van der Waals surface area contributed by atoms with E-state index in [1.54, 1.807) is 0 Å². The number of carbonyl (C=O) groups excluding carboxylic acids is 2. The Morgan fingerprint density at radius 3 is 2.36 bits per heavy atom. The Labute approximate surface area is 195 Å². The monoisotopic (exact) mass is 487 g/mol. The third-order valence-electron chi connectivity index (χ3n) is 4.54. The number of halogens is 1. The first-order chi connectivity index (χ1) is 15.6. The van der Waals surface area contributed by atoms with Gasteiger partial charge in [0, 0.05) is 16.1 Å². The van der Waals surface area contributed by atoms with Crippen LogP contribution in [-0.4, -0.2) is 26.0 Å². The summed E-state index contributed by atoms with van der Waals surface area (Å²) < 4.78 is 41.1. The van der Waals surface area contributed by atoms with Crippen LogP contribution in [0.25, 0.3) is 0 Å². The first-order valence-electron chi connectivity index (χ1n) is 9.82. The van der Waals surface area contributed by atoms with Crippen molar-refractivity contribution in [2.75, 3.05) is 10.5 Å². The molecule has 0 aromatic heterocycles. The van der Waals surface area contributed by atoms with Crippen molar-refractivity contribution in [2.45, 2.75) is 23.6 Å². The minimum atomic E-state index is -4.05. The number of sulfonamides is 1. The number of rotatable bonds is 7. The van der Waals surface area contributed by atoms with E-state index in [1.165, 1.54) is 55.1 Å². The van der Waals surface area contributed by atoms with Gasteiger partial charge in [-0.2, -0.15) is 0 Å². The van der Waals surface area contributed by atoms with Gasteiger partial charge in [0.15, 0.2) is 0 Å². The van der Waals surface area contributed by atoms with Gasteiger partial charge in [0.1, 0.15) is 5.82 Å². The van der Waals surface area contributed by atoms with Gasteiger partial charge in [0.05, 0.1) is 10.6 Å². The first kappa shape index (κ1) is 24.3. The topological polar surface area (TPSA) is 104 Å². The molecule has 0 fully saturated rings. The summed E-state index contributed by atoms with van der Waals surface area (Å²) in [6.45, 7) is 3.50. The summed E-state index contributed by atoms with van der Waals surface area (Å²) in [5.41, 5.74) is 6.31. The van der Waals surface area contributed by atoms with Crippen LogP contribution in [-0.2, 0) is 14.8 Å². The molecule has 0 saturated carbocycles. The second-order valence-electron chi connectivity index (χ2n) is 7.20. The molecule has 10 heteroatoms. The van der Waals surface area contributed by atoms with Crippen molar-refractivity contribution in [3.05, 3.63) is 89.2 Å². The number of aryl methyl sites for hydroxylation is 2. The number of benzene rings is 3. The molecule has 0 saturated heterocycles. The van der Waals surface area contributed by atoms with Crippen LogP contribution in [0.2, 0.25) is 0 Å². The summed E-state index contributed by atoms with van der Waals surface area (Å²) in [4.78, 5) is 25.1. The molecule has 172 valence electrons. The Balaban J connectivity index is 1.58. The minimum Gasteiger partial charge on any atom is -0.280 e. The Morgan fingerprint density at radius 1 is 0.939 bits per heavy atom. The van der Waals surface area contributed by atoms with Gasteiger partial charge in [0.2, 0.25) is 5.91 Å². The quantitative estimate of drug-likeness (QED) is 0.347. The van der Waals surface area contributed by atoms with Gasteiger partial charge in [-0.3, -0.25) is 25.2 Å². The number of thioether (sulfide) groups is 1. The molecule has 0 aliphatic rings. The maximum atomic E-state index is 13.8. The lowest BCUT2D eigenvalue weighted by atomic mass is 10.2. The van der Waals surface area contributed by atoms with Crippen LogP contribution in [0, 0.1) is 19.7 Å². The third-order valence-corrected chi connectivity index (χ3v) is 6.93. The van der Waals surface area contributed by atoms with Crippen molar-refractivity contribution < 1.29 is 22.4 Å². The highest BCUT2D eigenvalue weighted by molar-refractivity contribution is 8.00. The van der Waals surface area contributed by atoms with Crippen LogP contribution >= 0.6 is 11.8 Å². The van der Waals surface area contributed by atoms with E-state index in [0.717, 1.165) is 16.5 Å². The predicted octanol–water partition coefficient (Wildman–Crippen LogP) is 3.80. The highest BCUT2D eigenvalue weighted by Gasteiger charge is 2.17. The zero-order valence-corrected chi connectivity index (χ0v) is 19.5. The van der Waals surface area contributed by atoms with Gasteiger partial charge >= 0.3 is 0 Å². The lowest BCUT2D eigenvalue weighted by Crippen LogP contribution is -2.42. The van der Waals surface area contributed by atoms with Crippen LogP contribution in [0.1, 0.15) is 21.5 Å². The fraction of sp³-hybridized carbons (Fsp3) is 0.130. The molecule has 0 spiro atoms. The fourth-order valence-electron chi connectivity index (χ4n) is 2.70. The van der Waals surface area contributed by atoms with Crippen molar-refractivity contribution in [1.29, 1.82) is 0 Å². The largest absolute Gasteiger partial charge is 0.280 e. The lowest BCUT2D eigenvalue weighted by Gasteiger charge is -2.11. The van der Waals surface area contributed by atoms with E-state index < -0.39 is 27.7 Å². The van der Waals surface area contributed by atoms with Gasteiger partial charge in [-0.25, -0.2) is 12.8 Å². The summed E-state index contributed by atoms with van der Waals surface area (Å²) in [5.74, 6) is -1.54. The van der Waals surface area contributed by atoms with Crippen molar-refractivity contribution in [2.24, 2.45) is 0 Å². The molecule has 3 aromatic carbocycles. The van der Waals surface area contributed by atoms with Crippen LogP contribution in [0.4, 0.5) is 10.1 Å². The standard InChI is InChI=1S/C23H22FN3O4S2/c1-15-6-9-19(10-7-15)32-14-22(28)25-26-23(29)17-4-3-5-18(12-17)27-33(30,31)20-11-8-16(2)21(24)13-20/h3-13,27H,14H2,1-2H3,(H,25,28)(H,26,29). The molecule has 3 aromatic rings. The molecule has 0 bridgehead atoms. The molecule has 0 aliphatic carbocycles. The van der Waals surface area contributed by atoms with E-state index in [1.807, 2.05) is 31.2 Å². The average Bonchev–Trinajstić information content (AvgIpc) is 2.78. The van der Waals surface area contributed by atoms with E-state index in [4.69, 9.17) is 0 Å². The summed E-state index contributed by atoms with van der Waals surface area (Å²) in [6.07, 6.45) is 0.